The highest BCUT2D eigenvalue weighted by molar-refractivity contribution is 7.89. The van der Waals surface area contributed by atoms with Crippen molar-refractivity contribution in [3.05, 3.63) is 22.9 Å². The fourth-order valence-electron chi connectivity index (χ4n) is 2.05. The molecule has 0 radical (unpaired) electrons. The third-order valence-electron chi connectivity index (χ3n) is 3.01. The van der Waals surface area contributed by atoms with Crippen LogP contribution in [0.5, 0.6) is 0 Å². The monoisotopic (exact) mass is 285 g/mol. The van der Waals surface area contributed by atoms with E-state index in [0.717, 1.165) is 5.57 Å². The maximum Gasteiger partial charge on any atom is 0.340 e. The van der Waals surface area contributed by atoms with Crippen molar-refractivity contribution >= 4 is 16.0 Å². The van der Waals surface area contributed by atoms with Gasteiger partial charge in [0.05, 0.1) is 0 Å². The van der Waals surface area contributed by atoms with Crippen molar-refractivity contribution in [2.24, 2.45) is 0 Å². The van der Waals surface area contributed by atoms with Gasteiger partial charge in [0.2, 0.25) is 5.03 Å². The topological polar surface area (TPSA) is 103 Å². The summed E-state index contributed by atoms with van der Waals surface area (Å²) < 4.78 is 26.1. The summed E-state index contributed by atoms with van der Waals surface area (Å²) in [6.45, 7) is 3.93. The maximum atomic E-state index is 12.4. The first-order chi connectivity index (χ1) is 8.84. The Labute approximate surface area is 111 Å². The van der Waals surface area contributed by atoms with Gasteiger partial charge >= 0.3 is 5.97 Å². The van der Waals surface area contributed by atoms with Gasteiger partial charge < -0.3 is 5.11 Å². The first-order valence-corrected chi connectivity index (χ1v) is 7.22. The van der Waals surface area contributed by atoms with Gasteiger partial charge in [0.15, 0.2) is 0 Å². The Morgan fingerprint density at radius 3 is 2.74 bits per heavy atom. The van der Waals surface area contributed by atoms with Gasteiger partial charge in [-0.25, -0.2) is 13.2 Å². The van der Waals surface area contributed by atoms with Crippen LogP contribution < -0.4 is 0 Å². The van der Waals surface area contributed by atoms with E-state index in [2.05, 4.69) is 10.2 Å². The molecule has 1 aromatic rings. The van der Waals surface area contributed by atoms with Crippen LogP contribution in [-0.2, 0) is 10.0 Å². The molecule has 8 heteroatoms. The van der Waals surface area contributed by atoms with E-state index in [1.54, 1.807) is 0 Å². The number of aromatic amines is 1. The third kappa shape index (κ3) is 2.41. The second kappa shape index (κ2) is 4.78. The molecular weight excluding hydrogens is 270 g/mol. The van der Waals surface area contributed by atoms with Crippen molar-refractivity contribution in [1.29, 1.82) is 0 Å². The summed E-state index contributed by atoms with van der Waals surface area (Å²) in [6.07, 6.45) is 2.59. The number of aromatic nitrogens is 2. The van der Waals surface area contributed by atoms with Crippen LogP contribution in [-0.4, -0.2) is 47.1 Å². The lowest BCUT2D eigenvalue weighted by molar-refractivity contribution is 0.0691. The largest absolute Gasteiger partial charge is 0.478 e. The lowest BCUT2D eigenvalue weighted by atomic mass is 10.2. The zero-order chi connectivity index (χ0) is 14.2. The van der Waals surface area contributed by atoms with Gasteiger partial charge in [0, 0.05) is 18.8 Å². The predicted octanol–water partition coefficient (Wildman–Crippen LogP) is 0.757. The SMILES string of the molecule is CC1=CCCN(S(=O)(=O)c2n[nH]c(C)c2C(=O)O)C1. The van der Waals surface area contributed by atoms with Gasteiger partial charge in [-0.15, -0.1) is 0 Å². The number of carboxylic acid groups (broad SMARTS) is 1. The van der Waals surface area contributed by atoms with Gasteiger partial charge in [-0.2, -0.15) is 9.40 Å². The van der Waals surface area contributed by atoms with Crippen molar-refractivity contribution in [1.82, 2.24) is 14.5 Å². The highest BCUT2D eigenvalue weighted by Crippen LogP contribution is 2.23. The van der Waals surface area contributed by atoms with Gasteiger partial charge in [-0.1, -0.05) is 11.6 Å². The van der Waals surface area contributed by atoms with Crippen molar-refractivity contribution in [3.63, 3.8) is 0 Å². The van der Waals surface area contributed by atoms with Crippen molar-refractivity contribution in [3.8, 4) is 0 Å². The smallest absolute Gasteiger partial charge is 0.340 e. The summed E-state index contributed by atoms with van der Waals surface area (Å²) in [5, 5.41) is 14.8. The number of aryl methyl sites for hydroxylation is 1. The number of H-pyrrole nitrogens is 1. The molecule has 0 spiro atoms. The van der Waals surface area contributed by atoms with E-state index in [9.17, 15) is 13.2 Å². The molecule has 2 heterocycles. The second-order valence-corrected chi connectivity index (χ2v) is 6.36. The molecule has 0 fully saturated rings. The number of hydrogen-bond acceptors (Lipinski definition) is 4. The average Bonchev–Trinajstić information content (AvgIpc) is 2.72. The van der Waals surface area contributed by atoms with Gasteiger partial charge in [0.25, 0.3) is 10.0 Å². The Morgan fingerprint density at radius 2 is 2.16 bits per heavy atom. The van der Waals surface area contributed by atoms with Gasteiger partial charge in [-0.3, -0.25) is 5.10 Å². The molecule has 0 unspecified atom stereocenters. The number of carbonyl (C=O) groups is 1. The van der Waals surface area contributed by atoms with Crippen molar-refractivity contribution < 1.29 is 18.3 Å². The lowest BCUT2D eigenvalue weighted by Gasteiger charge is -2.24. The molecule has 104 valence electrons. The minimum absolute atomic E-state index is 0.232. The first kappa shape index (κ1) is 13.8. The second-order valence-electron chi connectivity index (χ2n) is 4.51. The lowest BCUT2D eigenvalue weighted by Crippen LogP contribution is -2.36. The number of nitrogens with zero attached hydrogens (tertiary/aromatic N) is 2. The van der Waals surface area contributed by atoms with Crippen molar-refractivity contribution in [2.75, 3.05) is 13.1 Å². The summed E-state index contributed by atoms with van der Waals surface area (Å²) in [7, 11) is -3.88. The molecule has 7 nitrogen and oxygen atoms in total. The standard InChI is InChI=1S/C11H15N3O4S/c1-7-4-3-5-14(6-7)19(17,18)10-9(11(15)16)8(2)12-13-10/h4H,3,5-6H2,1-2H3,(H,12,13)(H,15,16). The normalized spacial score (nSPS) is 17.3. The molecule has 0 amide bonds. The summed E-state index contributed by atoms with van der Waals surface area (Å²) in [5.41, 5.74) is 0.890. The Bertz CT molecular complexity index is 645. The van der Waals surface area contributed by atoms with Crippen LogP contribution in [0.15, 0.2) is 16.7 Å². The van der Waals surface area contributed by atoms with Crippen LogP contribution in [0.25, 0.3) is 0 Å². The highest BCUT2D eigenvalue weighted by Gasteiger charge is 2.33. The minimum atomic E-state index is -3.88. The van der Waals surface area contributed by atoms with Crippen LogP contribution in [0.2, 0.25) is 0 Å². The summed E-state index contributed by atoms with van der Waals surface area (Å²) in [6, 6.07) is 0. The van der Waals surface area contributed by atoms with E-state index in [1.807, 2.05) is 13.0 Å². The molecule has 0 aliphatic carbocycles. The number of rotatable bonds is 3. The predicted molar refractivity (Wildman–Crippen MR) is 67.4 cm³/mol. The minimum Gasteiger partial charge on any atom is -0.478 e. The van der Waals surface area contributed by atoms with E-state index < -0.39 is 21.0 Å². The molecule has 19 heavy (non-hydrogen) atoms. The number of hydrogen-bond donors (Lipinski definition) is 2. The number of sulfonamides is 1. The Hall–Kier alpha value is -1.67. The van der Waals surface area contributed by atoms with E-state index >= 15 is 0 Å². The van der Waals surface area contributed by atoms with E-state index in [4.69, 9.17) is 5.11 Å². The Morgan fingerprint density at radius 1 is 1.47 bits per heavy atom. The summed E-state index contributed by atoms with van der Waals surface area (Å²) in [4.78, 5) is 11.1. The fraction of sp³-hybridized carbons (Fsp3) is 0.455. The average molecular weight is 285 g/mol. The maximum absolute atomic E-state index is 12.4. The Kier molecular flexibility index (Phi) is 3.46. The molecule has 0 saturated heterocycles. The zero-order valence-corrected chi connectivity index (χ0v) is 11.5. The van der Waals surface area contributed by atoms with Crippen LogP contribution in [0.1, 0.15) is 29.4 Å². The van der Waals surface area contributed by atoms with Crippen LogP contribution >= 0.6 is 0 Å². The molecule has 0 aromatic carbocycles. The third-order valence-corrected chi connectivity index (χ3v) is 4.78. The van der Waals surface area contributed by atoms with E-state index in [0.29, 0.717) is 13.0 Å². The molecule has 2 rings (SSSR count). The molecule has 1 aliphatic rings. The van der Waals surface area contributed by atoms with Crippen LogP contribution in [0, 0.1) is 6.92 Å². The quantitative estimate of drug-likeness (QED) is 0.798. The molecule has 1 aliphatic heterocycles. The van der Waals surface area contributed by atoms with Crippen LogP contribution in [0.4, 0.5) is 0 Å². The van der Waals surface area contributed by atoms with Gasteiger partial charge in [-0.05, 0) is 20.3 Å². The number of carboxylic acids is 1. The molecule has 1 aromatic heterocycles. The molecular formula is C11H15N3O4S. The van der Waals surface area contributed by atoms with Crippen molar-refractivity contribution in [2.45, 2.75) is 25.3 Å². The van der Waals surface area contributed by atoms with E-state index in [1.165, 1.54) is 11.2 Å². The number of nitrogens with one attached hydrogen (secondary N) is 1. The number of aromatic carboxylic acids is 1. The zero-order valence-electron chi connectivity index (χ0n) is 10.7. The molecule has 0 saturated carbocycles. The molecule has 0 atom stereocenters. The fourth-order valence-corrected chi connectivity index (χ4v) is 3.67. The summed E-state index contributed by atoms with van der Waals surface area (Å²) in [5.74, 6) is -1.30. The van der Waals surface area contributed by atoms with E-state index in [-0.39, 0.29) is 17.8 Å². The Balaban J connectivity index is 2.46. The first-order valence-electron chi connectivity index (χ1n) is 5.78. The van der Waals surface area contributed by atoms with Gasteiger partial charge in [0.1, 0.15) is 5.56 Å². The van der Waals surface area contributed by atoms with Crippen LogP contribution in [0.3, 0.4) is 0 Å². The molecule has 0 bridgehead atoms. The highest BCUT2D eigenvalue weighted by atomic mass is 32.2. The molecule has 2 N–H and O–H groups in total. The summed E-state index contributed by atoms with van der Waals surface area (Å²) >= 11 is 0.